The van der Waals surface area contributed by atoms with Crippen molar-refractivity contribution < 1.29 is 5.11 Å². The van der Waals surface area contributed by atoms with Crippen LogP contribution in [0.2, 0.25) is 5.02 Å². The monoisotopic (exact) mass is 304 g/mol. The van der Waals surface area contributed by atoms with E-state index in [2.05, 4.69) is 22.9 Å². The average Bonchev–Trinajstić information content (AvgIpc) is 2.52. The second-order valence-corrected chi connectivity index (χ2v) is 6.41. The van der Waals surface area contributed by atoms with Crippen LogP contribution in [0, 0.1) is 5.92 Å². The van der Waals surface area contributed by atoms with Gasteiger partial charge in [-0.15, -0.1) is 0 Å². The van der Waals surface area contributed by atoms with E-state index >= 15 is 0 Å². The third-order valence-corrected chi connectivity index (χ3v) is 4.88. The first-order valence-corrected chi connectivity index (χ1v) is 7.94. The Bertz CT molecular complexity index is 631. The first-order valence-electron chi connectivity index (χ1n) is 7.56. The first-order chi connectivity index (χ1) is 10.2. The molecule has 1 saturated heterocycles. The fourth-order valence-corrected chi connectivity index (χ4v) is 3.48. The summed E-state index contributed by atoms with van der Waals surface area (Å²) in [5.41, 5.74) is 2.23. The van der Waals surface area contributed by atoms with Gasteiger partial charge in [0.25, 0.3) is 0 Å². The number of aliphatic hydroxyl groups is 1. The summed E-state index contributed by atoms with van der Waals surface area (Å²) in [6.07, 6.45) is 3.96. The number of benzene rings is 1. The highest BCUT2D eigenvalue weighted by atomic mass is 35.5. The Kier molecular flexibility index (Phi) is 4.43. The van der Waals surface area contributed by atoms with E-state index < -0.39 is 0 Å². The minimum Gasteiger partial charge on any atom is -0.396 e. The van der Waals surface area contributed by atoms with Crippen LogP contribution < -0.4 is 0 Å². The number of pyridine rings is 1. The fourth-order valence-electron chi connectivity index (χ4n) is 3.26. The summed E-state index contributed by atoms with van der Waals surface area (Å²) >= 11 is 6.26. The number of aromatic nitrogens is 1. The minimum atomic E-state index is 0.309. The SMILES string of the molecule is C[C@H]1C[C@@H](CO)CCN1Cc1ccc(Cl)c2cccnc12. The van der Waals surface area contributed by atoms with E-state index in [9.17, 15) is 5.11 Å². The van der Waals surface area contributed by atoms with Crippen LogP contribution in [0.15, 0.2) is 30.5 Å². The third-order valence-electron chi connectivity index (χ3n) is 4.55. The lowest BCUT2D eigenvalue weighted by atomic mass is 9.92. The molecule has 2 aromatic rings. The van der Waals surface area contributed by atoms with Crippen LogP contribution in [0.5, 0.6) is 0 Å². The molecule has 4 heteroatoms. The standard InChI is InChI=1S/C17H21ClN2O/c1-12-9-13(11-21)6-8-20(12)10-14-4-5-16(18)15-3-2-7-19-17(14)15/h2-5,7,12-13,21H,6,8-11H2,1H3/t12-,13-/m0/s1. The summed E-state index contributed by atoms with van der Waals surface area (Å²) in [5, 5.41) is 11.1. The van der Waals surface area contributed by atoms with Crippen molar-refractivity contribution in [3.8, 4) is 0 Å². The van der Waals surface area contributed by atoms with E-state index in [0.29, 0.717) is 18.6 Å². The minimum absolute atomic E-state index is 0.309. The maximum atomic E-state index is 9.31. The Morgan fingerprint density at radius 1 is 1.38 bits per heavy atom. The van der Waals surface area contributed by atoms with Crippen molar-refractivity contribution in [2.75, 3.05) is 13.2 Å². The number of fused-ring (bicyclic) bond motifs is 1. The third kappa shape index (κ3) is 3.05. The summed E-state index contributed by atoms with van der Waals surface area (Å²) in [4.78, 5) is 6.99. The van der Waals surface area contributed by atoms with Crippen molar-refractivity contribution in [2.24, 2.45) is 5.92 Å². The molecule has 0 unspecified atom stereocenters. The average molecular weight is 305 g/mol. The van der Waals surface area contributed by atoms with Crippen molar-refractivity contribution in [3.63, 3.8) is 0 Å². The highest BCUT2D eigenvalue weighted by Crippen LogP contribution is 2.28. The van der Waals surface area contributed by atoms with Crippen molar-refractivity contribution in [3.05, 3.63) is 41.0 Å². The van der Waals surface area contributed by atoms with Gasteiger partial charge in [0.1, 0.15) is 0 Å². The topological polar surface area (TPSA) is 36.4 Å². The normalized spacial score (nSPS) is 23.6. The molecule has 21 heavy (non-hydrogen) atoms. The molecule has 2 heterocycles. The van der Waals surface area contributed by atoms with Gasteiger partial charge < -0.3 is 5.11 Å². The maximum absolute atomic E-state index is 9.31. The Hall–Kier alpha value is -1.16. The van der Waals surface area contributed by atoms with Crippen LogP contribution in [0.1, 0.15) is 25.3 Å². The fraction of sp³-hybridized carbons (Fsp3) is 0.471. The Morgan fingerprint density at radius 3 is 3.00 bits per heavy atom. The molecule has 0 radical (unpaired) electrons. The van der Waals surface area contributed by atoms with Crippen LogP contribution in [0.25, 0.3) is 10.9 Å². The van der Waals surface area contributed by atoms with Crippen LogP contribution in [-0.2, 0) is 6.54 Å². The van der Waals surface area contributed by atoms with Gasteiger partial charge in [0.2, 0.25) is 0 Å². The molecule has 0 aliphatic carbocycles. The number of piperidine rings is 1. The van der Waals surface area contributed by atoms with Gasteiger partial charge in [-0.25, -0.2) is 0 Å². The predicted octanol–water partition coefficient (Wildman–Crippen LogP) is 3.48. The molecule has 1 aliphatic rings. The van der Waals surface area contributed by atoms with Gasteiger partial charge in [-0.3, -0.25) is 9.88 Å². The summed E-state index contributed by atoms with van der Waals surface area (Å²) < 4.78 is 0. The van der Waals surface area contributed by atoms with Crippen molar-refractivity contribution in [1.82, 2.24) is 9.88 Å². The molecular formula is C17H21ClN2O. The Balaban J connectivity index is 1.84. The largest absolute Gasteiger partial charge is 0.396 e. The van der Waals surface area contributed by atoms with Gasteiger partial charge in [-0.05, 0) is 56.0 Å². The van der Waals surface area contributed by atoms with E-state index in [1.807, 2.05) is 24.4 Å². The number of likely N-dealkylation sites (tertiary alicyclic amines) is 1. The Morgan fingerprint density at radius 2 is 2.24 bits per heavy atom. The van der Waals surface area contributed by atoms with Gasteiger partial charge in [0.05, 0.1) is 5.52 Å². The number of rotatable bonds is 3. The van der Waals surface area contributed by atoms with Crippen molar-refractivity contribution in [1.29, 1.82) is 0 Å². The summed E-state index contributed by atoms with van der Waals surface area (Å²) in [5.74, 6) is 0.455. The van der Waals surface area contributed by atoms with Crippen LogP contribution in [0.3, 0.4) is 0 Å². The molecule has 0 amide bonds. The van der Waals surface area contributed by atoms with E-state index in [1.54, 1.807) is 0 Å². The van der Waals surface area contributed by atoms with Gasteiger partial charge in [0, 0.05) is 35.8 Å². The second kappa shape index (κ2) is 6.30. The number of halogens is 1. The molecular weight excluding hydrogens is 284 g/mol. The molecule has 1 aliphatic heterocycles. The molecule has 3 rings (SSSR count). The van der Waals surface area contributed by atoms with E-state index in [1.165, 1.54) is 5.56 Å². The zero-order chi connectivity index (χ0) is 14.8. The highest BCUT2D eigenvalue weighted by molar-refractivity contribution is 6.35. The maximum Gasteiger partial charge on any atom is 0.0761 e. The molecule has 112 valence electrons. The quantitative estimate of drug-likeness (QED) is 0.943. The summed E-state index contributed by atoms with van der Waals surface area (Å²) in [7, 11) is 0. The van der Waals surface area contributed by atoms with E-state index in [-0.39, 0.29) is 0 Å². The van der Waals surface area contributed by atoms with E-state index in [4.69, 9.17) is 11.6 Å². The van der Waals surface area contributed by atoms with Crippen LogP contribution in [-0.4, -0.2) is 34.2 Å². The molecule has 0 bridgehead atoms. The second-order valence-electron chi connectivity index (χ2n) is 6.00. The molecule has 0 saturated carbocycles. The van der Waals surface area contributed by atoms with Gasteiger partial charge >= 0.3 is 0 Å². The molecule has 3 nitrogen and oxygen atoms in total. The zero-order valence-corrected chi connectivity index (χ0v) is 13.1. The molecule has 1 aromatic carbocycles. The van der Waals surface area contributed by atoms with E-state index in [0.717, 1.165) is 41.9 Å². The predicted molar refractivity (Wildman–Crippen MR) is 86.4 cm³/mol. The van der Waals surface area contributed by atoms with Gasteiger partial charge in [-0.2, -0.15) is 0 Å². The summed E-state index contributed by atoms with van der Waals surface area (Å²) in [6, 6.07) is 8.49. The molecule has 1 fully saturated rings. The lowest BCUT2D eigenvalue weighted by Crippen LogP contribution is -2.41. The van der Waals surface area contributed by atoms with Gasteiger partial charge in [-0.1, -0.05) is 17.7 Å². The highest BCUT2D eigenvalue weighted by Gasteiger charge is 2.25. The van der Waals surface area contributed by atoms with Crippen LogP contribution in [0.4, 0.5) is 0 Å². The Labute approximate surface area is 130 Å². The molecule has 1 aromatic heterocycles. The van der Waals surface area contributed by atoms with Crippen LogP contribution >= 0.6 is 11.6 Å². The number of hydrogen-bond acceptors (Lipinski definition) is 3. The lowest BCUT2D eigenvalue weighted by molar-refractivity contribution is 0.0842. The van der Waals surface area contributed by atoms with Crippen molar-refractivity contribution >= 4 is 22.5 Å². The molecule has 1 N–H and O–H groups in total. The first kappa shape index (κ1) is 14.8. The number of aliphatic hydroxyl groups excluding tert-OH is 1. The smallest absolute Gasteiger partial charge is 0.0761 e. The molecule has 0 spiro atoms. The number of nitrogens with zero attached hydrogens (tertiary/aromatic N) is 2. The summed E-state index contributed by atoms with van der Waals surface area (Å²) in [6.45, 7) is 4.48. The zero-order valence-electron chi connectivity index (χ0n) is 12.3. The van der Waals surface area contributed by atoms with Crippen molar-refractivity contribution in [2.45, 2.75) is 32.4 Å². The molecule has 2 atom stereocenters. The lowest BCUT2D eigenvalue weighted by Gasteiger charge is -2.37. The van der Waals surface area contributed by atoms with Gasteiger partial charge in [0.15, 0.2) is 0 Å². The number of hydrogen-bond donors (Lipinski definition) is 1.